The van der Waals surface area contributed by atoms with Crippen molar-refractivity contribution in [2.75, 3.05) is 0 Å². The summed E-state index contributed by atoms with van der Waals surface area (Å²) in [5.74, 6) is 0.324. The van der Waals surface area contributed by atoms with Crippen molar-refractivity contribution in [2.45, 2.75) is 46.4 Å². The van der Waals surface area contributed by atoms with Gasteiger partial charge in [-0.25, -0.2) is 4.39 Å². The Morgan fingerprint density at radius 1 is 1.29 bits per heavy atom. The van der Waals surface area contributed by atoms with Gasteiger partial charge in [0, 0.05) is 18.2 Å². The Morgan fingerprint density at radius 2 is 2.00 bits per heavy atom. The third-order valence-electron chi connectivity index (χ3n) is 2.76. The van der Waals surface area contributed by atoms with Gasteiger partial charge < -0.3 is 10.4 Å². The highest BCUT2D eigenvalue weighted by atomic mass is 19.1. The molecule has 0 aliphatic carbocycles. The number of nitrogens with one attached hydrogen (secondary N) is 1. The van der Waals surface area contributed by atoms with Gasteiger partial charge in [-0.3, -0.25) is 0 Å². The van der Waals surface area contributed by atoms with E-state index < -0.39 is 0 Å². The molecular weight excluding hydrogens is 217 g/mol. The van der Waals surface area contributed by atoms with Crippen LogP contribution in [-0.4, -0.2) is 11.1 Å². The Hall–Kier alpha value is -0.930. The average molecular weight is 239 g/mol. The molecule has 0 spiro atoms. The standard InChI is InChI=1S/C14H22FNO/c1-10(2)6-11(3)16-8-12-4-5-14(15)13(7-12)9-17/h4-5,7,10-11,16-17H,6,8-9H2,1-3H3. The fourth-order valence-corrected chi connectivity index (χ4v) is 1.94. The Bertz CT molecular complexity index is 352. The van der Waals surface area contributed by atoms with E-state index in [0.29, 0.717) is 24.1 Å². The molecule has 0 heterocycles. The van der Waals surface area contributed by atoms with Crippen molar-refractivity contribution in [2.24, 2.45) is 5.92 Å². The lowest BCUT2D eigenvalue weighted by molar-refractivity contribution is 0.275. The molecule has 0 radical (unpaired) electrons. The molecule has 0 amide bonds. The molecule has 96 valence electrons. The summed E-state index contributed by atoms with van der Waals surface area (Å²) in [6, 6.07) is 5.32. The van der Waals surface area contributed by atoms with Crippen molar-refractivity contribution in [1.29, 1.82) is 0 Å². The van der Waals surface area contributed by atoms with Crippen LogP contribution in [0.25, 0.3) is 0 Å². The van der Waals surface area contributed by atoms with Crippen molar-refractivity contribution in [3.05, 3.63) is 35.1 Å². The number of aliphatic hydroxyl groups is 1. The second kappa shape index (κ2) is 6.72. The van der Waals surface area contributed by atoms with Gasteiger partial charge in [-0.15, -0.1) is 0 Å². The topological polar surface area (TPSA) is 32.3 Å². The summed E-state index contributed by atoms with van der Waals surface area (Å²) < 4.78 is 13.2. The molecule has 0 aliphatic heterocycles. The molecule has 0 saturated carbocycles. The quantitative estimate of drug-likeness (QED) is 0.800. The van der Waals surface area contributed by atoms with E-state index in [-0.39, 0.29) is 12.4 Å². The zero-order valence-corrected chi connectivity index (χ0v) is 10.8. The average Bonchev–Trinajstić information content (AvgIpc) is 2.27. The molecular formula is C14H22FNO. The third kappa shape index (κ3) is 4.84. The van der Waals surface area contributed by atoms with Gasteiger partial charge in [0.2, 0.25) is 0 Å². The van der Waals surface area contributed by atoms with Crippen molar-refractivity contribution >= 4 is 0 Å². The summed E-state index contributed by atoms with van der Waals surface area (Å²) >= 11 is 0. The molecule has 1 aromatic carbocycles. The van der Waals surface area contributed by atoms with Gasteiger partial charge in [-0.2, -0.15) is 0 Å². The minimum atomic E-state index is -0.341. The van der Waals surface area contributed by atoms with Gasteiger partial charge in [0.25, 0.3) is 0 Å². The zero-order chi connectivity index (χ0) is 12.8. The van der Waals surface area contributed by atoms with Gasteiger partial charge in [0.1, 0.15) is 5.82 Å². The first kappa shape index (κ1) is 14.1. The van der Waals surface area contributed by atoms with E-state index in [0.717, 1.165) is 12.0 Å². The second-order valence-corrected chi connectivity index (χ2v) is 5.00. The van der Waals surface area contributed by atoms with Crippen LogP contribution in [0.3, 0.4) is 0 Å². The number of hydrogen-bond donors (Lipinski definition) is 2. The minimum absolute atomic E-state index is 0.249. The van der Waals surface area contributed by atoms with Crippen LogP contribution in [0.4, 0.5) is 4.39 Å². The van der Waals surface area contributed by atoms with Crippen molar-refractivity contribution < 1.29 is 9.50 Å². The molecule has 2 nitrogen and oxygen atoms in total. The van der Waals surface area contributed by atoms with E-state index in [2.05, 4.69) is 26.1 Å². The summed E-state index contributed by atoms with van der Waals surface area (Å²) in [5.41, 5.74) is 1.37. The maximum absolute atomic E-state index is 13.2. The van der Waals surface area contributed by atoms with Crippen molar-refractivity contribution in [1.82, 2.24) is 5.32 Å². The summed E-state index contributed by atoms with van der Waals surface area (Å²) in [7, 11) is 0. The van der Waals surface area contributed by atoms with E-state index in [9.17, 15) is 4.39 Å². The first-order valence-corrected chi connectivity index (χ1v) is 6.14. The van der Waals surface area contributed by atoms with Crippen LogP contribution in [-0.2, 0) is 13.2 Å². The summed E-state index contributed by atoms with van der Waals surface area (Å²) in [5, 5.41) is 12.4. The van der Waals surface area contributed by atoms with E-state index in [4.69, 9.17) is 5.11 Å². The molecule has 1 aromatic rings. The van der Waals surface area contributed by atoms with Crippen molar-refractivity contribution in [3.63, 3.8) is 0 Å². The first-order valence-electron chi connectivity index (χ1n) is 6.14. The molecule has 1 unspecified atom stereocenters. The maximum atomic E-state index is 13.2. The molecule has 3 heteroatoms. The molecule has 0 bridgehead atoms. The highest BCUT2D eigenvalue weighted by molar-refractivity contribution is 5.24. The monoisotopic (exact) mass is 239 g/mol. The Morgan fingerprint density at radius 3 is 2.59 bits per heavy atom. The maximum Gasteiger partial charge on any atom is 0.128 e. The smallest absolute Gasteiger partial charge is 0.128 e. The number of aliphatic hydroxyl groups excluding tert-OH is 1. The molecule has 2 N–H and O–H groups in total. The van der Waals surface area contributed by atoms with Gasteiger partial charge in [-0.1, -0.05) is 19.9 Å². The molecule has 0 saturated heterocycles. The molecule has 1 rings (SSSR count). The number of halogens is 1. The van der Waals surface area contributed by atoms with Crippen LogP contribution in [0.5, 0.6) is 0 Å². The molecule has 1 atom stereocenters. The normalized spacial score (nSPS) is 13.1. The lowest BCUT2D eigenvalue weighted by Gasteiger charge is -2.16. The van der Waals surface area contributed by atoms with Crippen LogP contribution in [0.15, 0.2) is 18.2 Å². The van der Waals surface area contributed by atoms with Gasteiger partial charge in [0.05, 0.1) is 6.61 Å². The fraction of sp³-hybridized carbons (Fsp3) is 0.571. The predicted octanol–water partition coefficient (Wildman–Crippen LogP) is 2.84. The highest BCUT2D eigenvalue weighted by Gasteiger charge is 2.06. The zero-order valence-electron chi connectivity index (χ0n) is 10.8. The highest BCUT2D eigenvalue weighted by Crippen LogP contribution is 2.11. The van der Waals surface area contributed by atoms with Crippen LogP contribution in [0.2, 0.25) is 0 Å². The van der Waals surface area contributed by atoms with Gasteiger partial charge in [0.15, 0.2) is 0 Å². The van der Waals surface area contributed by atoms with E-state index in [1.54, 1.807) is 12.1 Å². The van der Waals surface area contributed by atoms with E-state index >= 15 is 0 Å². The SMILES string of the molecule is CC(C)CC(C)NCc1ccc(F)c(CO)c1. The summed E-state index contributed by atoms with van der Waals surface area (Å²) in [4.78, 5) is 0. The van der Waals surface area contributed by atoms with Crippen molar-refractivity contribution in [3.8, 4) is 0 Å². The van der Waals surface area contributed by atoms with Crippen LogP contribution < -0.4 is 5.32 Å². The minimum Gasteiger partial charge on any atom is -0.392 e. The second-order valence-electron chi connectivity index (χ2n) is 5.00. The summed E-state index contributed by atoms with van der Waals surface area (Å²) in [6.07, 6.45) is 1.12. The molecule has 0 aromatic heterocycles. The number of rotatable bonds is 6. The van der Waals surface area contributed by atoms with Crippen LogP contribution >= 0.6 is 0 Å². The number of hydrogen-bond acceptors (Lipinski definition) is 2. The first-order chi connectivity index (χ1) is 8.02. The van der Waals surface area contributed by atoms with E-state index in [1.807, 2.05) is 0 Å². The molecule has 0 fully saturated rings. The lowest BCUT2D eigenvalue weighted by atomic mass is 10.0. The lowest BCUT2D eigenvalue weighted by Crippen LogP contribution is -2.26. The van der Waals surface area contributed by atoms with Gasteiger partial charge >= 0.3 is 0 Å². The predicted molar refractivity (Wildman–Crippen MR) is 68.1 cm³/mol. The third-order valence-corrected chi connectivity index (χ3v) is 2.76. The Balaban J connectivity index is 2.52. The Labute approximate surface area is 103 Å². The van der Waals surface area contributed by atoms with Gasteiger partial charge in [-0.05, 0) is 37.0 Å². The van der Waals surface area contributed by atoms with Crippen LogP contribution in [0, 0.1) is 11.7 Å². The summed E-state index contributed by atoms with van der Waals surface area (Å²) in [6.45, 7) is 7.00. The molecule has 0 aliphatic rings. The largest absolute Gasteiger partial charge is 0.392 e. The number of benzene rings is 1. The van der Waals surface area contributed by atoms with Crippen LogP contribution in [0.1, 0.15) is 38.3 Å². The van der Waals surface area contributed by atoms with E-state index in [1.165, 1.54) is 6.07 Å². The molecule has 17 heavy (non-hydrogen) atoms. The fourth-order valence-electron chi connectivity index (χ4n) is 1.94. The Kier molecular flexibility index (Phi) is 5.59.